The van der Waals surface area contributed by atoms with Gasteiger partial charge in [-0.2, -0.15) is 16.4 Å². The molecule has 7 heteroatoms. The Hall–Kier alpha value is -2.15. The minimum Gasteiger partial charge on any atom is -0.355 e. The quantitative estimate of drug-likeness (QED) is 0.815. The molecule has 2 atom stereocenters. The van der Waals surface area contributed by atoms with Crippen LogP contribution in [0.5, 0.6) is 0 Å². The van der Waals surface area contributed by atoms with Crippen LogP contribution in [0.15, 0.2) is 29.1 Å². The van der Waals surface area contributed by atoms with Crippen LogP contribution in [-0.4, -0.2) is 28.1 Å². The lowest BCUT2D eigenvalue weighted by Gasteiger charge is -2.09. The molecule has 0 aromatic carbocycles. The predicted molar refractivity (Wildman–Crippen MR) is 89.2 cm³/mol. The molecular weight excluding hydrogens is 312 g/mol. The van der Waals surface area contributed by atoms with E-state index in [4.69, 9.17) is 0 Å². The first-order chi connectivity index (χ1) is 11.1. The lowest BCUT2D eigenvalue weighted by molar-refractivity contribution is -0.122. The number of amides is 2. The second-order valence-electron chi connectivity index (χ2n) is 5.91. The summed E-state index contributed by atoms with van der Waals surface area (Å²) in [6, 6.07) is 3.81. The third-order valence-electron chi connectivity index (χ3n) is 3.99. The first-order valence-corrected chi connectivity index (χ1v) is 8.68. The Labute approximate surface area is 138 Å². The zero-order valence-corrected chi connectivity index (χ0v) is 13.8. The molecule has 1 aliphatic rings. The van der Waals surface area contributed by atoms with E-state index in [2.05, 4.69) is 28.0 Å². The number of aromatic nitrogens is 2. The molecule has 2 amide bonds. The Bertz CT molecular complexity index is 680. The summed E-state index contributed by atoms with van der Waals surface area (Å²) >= 11 is 1.63. The highest BCUT2D eigenvalue weighted by atomic mass is 32.1. The van der Waals surface area contributed by atoms with Gasteiger partial charge in [-0.25, -0.2) is 4.68 Å². The summed E-state index contributed by atoms with van der Waals surface area (Å²) < 4.78 is 1.75. The topological polar surface area (TPSA) is 76.0 Å². The number of hydrogen-bond acceptors (Lipinski definition) is 4. The van der Waals surface area contributed by atoms with Crippen molar-refractivity contribution in [3.05, 3.63) is 34.7 Å². The molecular formula is C16H20N4O2S. The van der Waals surface area contributed by atoms with Gasteiger partial charge in [0.25, 0.3) is 0 Å². The Balaban J connectivity index is 1.44. The summed E-state index contributed by atoms with van der Waals surface area (Å²) in [6.07, 6.45) is 2.88. The average molecular weight is 332 g/mol. The maximum absolute atomic E-state index is 12.0. The van der Waals surface area contributed by atoms with E-state index in [0.29, 0.717) is 24.8 Å². The first-order valence-electron chi connectivity index (χ1n) is 7.74. The Kier molecular flexibility index (Phi) is 4.76. The van der Waals surface area contributed by atoms with E-state index in [9.17, 15) is 9.59 Å². The van der Waals surface area contributed by atoms with E-state index >= 15 is 0 Å². The molecule has 2 aromatic heterocycles. The van der Waals surface area contributed by atoms with E-state index < -0.39 is 0 Å². The number of hydrogen-bond donors (Lipinski definition) is 2. The summed E-state index contributed by atoms with van der Waals surface area (Å²) in [5.74, 6) is 1.23. The zero-order chi connectivity index (χ0) is 16.2. The number of carbonyl (C=O) groups excluding carboxylic acids is 2. The Morgan fingerprint density at radius 2 is 2.26 bits per heavy atom. The van der Waals surface area contributed by atoms with Gasteiger partial charge in [-0.1, -0.05) is 6.92 Å². The van der Waals surface area contributed by atoms with Gasteiger partial charge in [0, 0.05) is 24.9 Å². The van der Waals surface area contributed by atoms with Crippen LogP contribution in [0, 0.1) is 11.8 Å². The van der Waals surface area contributed by atoms with Gasteiger partial charge in [0.2, 0.25) is 11.8 Å². The molecule has 1 saturated carbocycles. The van der Waals surface area contributed by atoms with Gasteiger partial charge < -0.3 is 10.6 Å². The van der Waals surface area contributed by atoms with Gasteiger partial charge in [0.05, 0.1) is 12.7 Å². The van der Waals surface area contributed by atoms with Crippen LogP contribution in [0.1, 0.15) is 25.3 Å². The predicted octanol–water partition coefficient (Wildman–Crippen LogP) is 2.09. The van der Waals surface area contributed by atoms with Crippen LogP contribution in [-0.2, 0) is 16.1 Å². The highest BCUT2D eigenvalue weighted by molar-refractivity contribution is 7.07. The fourth-order valence-electron chi connectivity index (χ4n) is 2.44. The van der Waals surface area contributed by atoms with E-state index in [-0.39, 0.29) is 24.2 Å². The molecule has 2 N–H and O–H groups in total. The minimum absolute atomic E-state index is 0.0628. The standard InChI is InChI=1S/C16H20N4O2S/c1-11-8-13(11)16(22)17-5-3-15(21)19-14-2-6-18-20(14)9-12-4-7-23-10-12/h2,4,6-7,10-11,13H,3,5,8-9H2,1H3,(H,17,22)(H,19,21)/t11-,13+/m0/s1. The Morgan fingerprint density at radius 3 is 2.96 bits per heavy atom. The molecule has 0 aliphatic heterocycles. The third kappa shape index (κ3) is 4.19. The average Bonchev–Trinajstić information content (AvgIpc) is 2.92. The van der Waals surface area contributed by atoms with Crippen molar-refractivity contribution in [1.29, 1.82) is 0 Å². The van der Waals surface area contributed by atoms with E-state index in [1.54, 1.807) is 28.3 Å². The van der Waals surface area contributed by atoms with Crippen molar-refractivity contribution >= 4 is 29.0 Å². The number of carbonyl (C=O) groups is 2. The number of nitrogens with one attached hydrogen (secondary N) is 2. The van der Waals surface area contributed by atoms with Crippen molar-refractivity contribution < 1.29 is 9.59 Å². The number of anilines is 1. The maximum Gasteiger partial charge on any atom is 0.227 e. The van der Waals surface area contributed by atoms with Crippen molar-refractivity contribution in [2.45, 2.75) is 26.3 Å². The fourth-order valence-corrected chi connectivity index (χ4v) is 3.10. The molecule has 3 rings (SSSR count). The molecule has 122 valence electrons. The van der Waals surface area contributed by atoms with E-state index in [1.165, 1.54) is 0 Å². The van der Waals surface area contributed by atoms with Gasteiger partial charge in [0.15, 0.2) is 0 Å². The van der Waals surface area contributed by atoms with Gasteiger partial charge in [-0.3, -0.25) is 9.59 Å². The van der Waals surface area contributed by atoms with Crippen molar-refractivity contribution in [3.8, 4) is 0 Å². The normalized spacial score (nSPS) is 19.3. The molecule has 6 nitrogen and oxygen atoms in total. The summed E-state index contributed by atoms with van der Waals surface area (Å²) in [5.41, 5.74) is 1.15. The van der Waals surface area contributed by atoms with Crippen LogP contribution in [0.4, 0.5) is 5.82 Å². The van der Waals surface area contributed by atoms with Crippen molar-refractivity contribution in [1.82, 2.24) is 15.1 Å². The number of nitrogens with zero attached hydrogens (tertiary/aromatic N) is 2. The molecule has 2 heterocycles. The van der Waals surface area contributed by atoms with Gasteiger partial charge >= 0.3 is 0 Å². The van der Waals surface area contributed by atoms with Gasteiger partial charge in [-0.05, 0) is 34.7 Å². The zero-order valence-electron chi connectivity index (χ0n) is 13.0. The summed E-state index contributed by atoms with van der Waals surface area (Å²) in [4.78, 5) is 23.7. The third-order valence-corrected chi connectivity index (χ3v) is 4.73. The lowest BCUT2D eigenvalue weighted by atomic mass is 10.3. The molecule has 0 bridgehead atoms. The van der Waals surface area contributed by atoms with E-state index in [0.717, 1.165) is 12.0 Å². The molecule has 23 heavy (non-hydrogen) atoms. The van der Waals surface area contributed by atoms with E-state index in [1.807, 2.05) is 11.4 Å². The van der Waals surface area contributed by atoms with Crippen molar-refractivity contribution in [3.63, 3.8) is 0 Å². The van der Waals surface area contributed by atoms with Crippen LogP contribution < -0.4 is 10.6 Å². The molecule has 0 spiro atoms. The van der Waals surface area contributed by atoms with Crippen LogP contribution in [0.3, 0.4) is 0 Å². The smallest absolute Gasteiger partial charge is 0.227 e. The minimum atomic E-state index is -0.124. The Morgan fingerprint density at radius 1 is 1.43 bits per heavy atom. The van der Waals surface area contributed by atoms with Crippen LogP contribution in [0.2, 0.25) is 0 Å². The second kappa shape index (κ2) is 6.95. The summed E-state index contributed by atoms with van der Waals surface area (Å²) in [6.45, 7) is 3.06. The second-order valence-corrected chi connectivity index (χ2v) is 6.69. The summed E-state index contributed by atoms with van der Waals surface area (Å²) in [7, 11) is 0. The maximum atomic E-state index is 12.0. The van der Waals surface area contributed by atoms with Crippen molar-refractivity contribution in [2.24, 2.45) is 11.8 Å². The molecule has 0 saturated heterocycles. The molecule has 0 radical (unpaired) electrons. The fraction of sp³-hybridized carbons (Fsp3) is 0.438. The monoisotopic (exact) mass is 332 g/mol. The first kappa shape index (κ1) is 15.7. The molecule has 2 aromatic rings. The lowest BCUT2D eigenvalue weighted by Crippen LogP contribution is -2.29. The largest absolute Gasteiger partial charge is 0.355 e. The van der Waals surface area contributed by atoms with Crippen molar-refractivity contribution in [2.75, 3.05) is 11.9 Å². The highest BCUT2D eigenvalue weighted by Gasteiger charge is 2.38. The molecule has 1 aliphatic carbocycles. The van der Waals surface area contributed by atoms with Gasteiger partial charge in [-0.15, -0.1) is 0 Å². The SMILES string of the molecule is C[C@H]1C[C@H]1C(=O)NCCC(=O)Nc1ccnn1Cc1ccsc1. The number of thiophene rings is 1. The summed E-state index contributed by atoms with van der Waals surface area (Å²) in [5, 5.41) is 14.0. The number of rotatable bonds is 7. The van der Waals surface area contributed by atoms with Gasteiger partial charge in [0.1, 0.15) is 5.82 Å². The van der Waals surface area contributed by atoms with Crippen LogP contribution in [0.25, 0.3) is 0 Å². The molecule has 1 fully saturated rings. The van der Waals surface area contributed by atoms with Crippen LogP contribution >= 0.6 is 11.3 Å². The molecule has 0 unspecified atom stereocenters. The highest BCUT2D eigenvalue weighted by Crippen LogP contribution is 2.37.